The molecule has 0 saturated carbocycles. The van der Waals surface area contributed by atoms with Crippen molar-refractivity contribution in [2.75, 3.05) is 6.54 Å². The number of carbonyl (C=O) groups is 1. The van der Waals surface area contributed by atoms with Crippen LogP contribution >= 0.6 is 27.5 Å². The number of aromatic nitrogens is 4. The summed E-state index contributed by atoms with van der Waals surface area (Å²) in [5.41, 5.74) is 0.180. The van der Waals surface area contributed by atoms with Crippen molar-refractivity contribution < 1.29 is 4.79 Å². The third-order valence-electron chi connectivity index (χ3n) is 3.42. The van der Waals surface area contributed by atoms with E-state index in [1.54, 1.807) is 24.7 Å². The van der Waals surface area contributed by atoms with Crippen molar-refractivity contribution in [3.05, 3.63) is 33.8 Å². The minimum absolute atomic E-state index is 0.0925. The number of halogens is 2. The highest BCUT2D eigenvalue weighted by molar-refractivity contribution is 9.10. The van der Waals surface area contributed by atoms with Crippen LogP contribution in [0.25, 0.3) is 0 Å². The summed E-state index contributed by atoms with van der Waals surface area (Å²) in [6.45, 7) is 6.88. The Labute approximate surface area is 143 Å². The number of nitrogens with one attached hydrogen (secondary N) is 1. The number of carbonyl (C=O) groups excluding carboxylic acids is 1. The Bertz CT molecular complexity index is 644. The van der Waals surface area contributed by atoms with Gasteiger partial charge in [-0.2, -0.15) is 10.2 Å². The molecule has 2 heterocycles. The lowest BCUT2D eigenvalue weighted by Crippen LogP contribution is -2.45. The van der Waals surface area contributed by atoms with Crippen LogP contribution in [0, 0.1) is 6.92 Å². The number of nitrogens with zero attached hydrogens (tertiary/aromatic N) is 4. The first kappa shape index (κ1) is 17.0. The number of hydrogen-bond donors (Lipinski definition) is 1. The van der Waals surface area contributed by atoms with E-state index in [9.17, 15) is 4.79 Å². The van der Waals surface area contributed by atoms with Crippen molar-refractivity contribution >= 4 is 33.4 Å². The smallest absolute Gasteiger partial charge is 0.247 e. The molecule has 0 aliphatic carbocycles. The number of rotatable bonds is 6. The highest BCUT2D eigenvalue weighted by atomic mass is 79.9. The molecule has 120 valence electrons. The maximum atomic E-state index is 12.3. The van der Waals surface area contributed by atoms with Gasteiger partial charge in [-0.15, -0.1) is 0 Å². The maximum Gasteiger partial charge on any atom is 0.247 e. The second-order valence-corrected chi connectivity index (χ2v) is 6.89. The summed E-state index contributed by atoms with van der Waals surface area (Å²) in [5, 5.41) is 11.9. The number of aryl methyl sites for hydroxylation is 2. The lowest BCUT2D eigenvalue weighted by molar-refractivity contribution is -0.128. The summed E-state index contributed by atoms with van der Waals surface area (Å²) in [5.74, 6) is -0.0925. The molecule has 1 N–H and O–H groups in total. The van der Waals surface area contributed by atoms with E-state index in [-0.39, 0.29) is 5.91 Å². The molecule has 0 aliphatic rings. The molecule has 0 atom stereocenters. The van der Waals surface area contributed by atoms with Gasteiger partial charge in [-0.05, 0) is 43.1 Å². The highest BCUT2D eigenvalue weighted by Gasteiger charge is 2.30. The van der Waals surface area contributed by atoms with E-state index in [4.69, 9.17) is 11.6 Å². The summed E-state index contributed by atoms with van der Waals surface area (Å²) in [7, 11) is 0. The topological polar surface area (TPSA) is 64.7 Å². The molecular formula is C14H19BrClN5O. The molecule has 0 radical (unpaired) electrons. The number of hydrogen-bond acceptors (Lipinski definition) is 3. The van der Waals surface area contributed by atoms with Crippen LogP contribution in [-0.4, -0.2) is 32.0 Å². The molecule has 8 heteroatoms. The van der Waals surface area contributed by atoms with Crippen LogP contribution in [0.1, 0.15) is 26.0 Å². The summed E-state index contributed by atoms with van der Waals surface area (Å²) >= 11 is 9.28. The van der Waals surface area contributed by atoms with E-state index >= 15 is 0 Å². The maximum absolute atomic E-state index is 12.3. The third kappa shape index (κ3) is 3.89. The van der Waals surface area contributed by atoms with Gasteiger partial charge in [0, 0.05) is 25.5 Å². The minimum atomic E-state index is -0.779. The van der Waals surface area contributed by atoms with Crippen molar-refractivity contribution in [3.8, 4) is 0 Å². The first-order valence-corrected chi connectivity index (χ1v) is 8.16. The normalized spacial score (nSPS) is 11.7. The molecule has 6 nitrogen and oxygen atoms in total. The predicted octanol–water partition coefficient (Wildman–Crippen LogP) is 2.75. The summed E-state index contributed by atoms with van der Waals surface area (Å²) < 4.78 is 4.43. The van der Waals surface area contributed by atoms with Crippen molar-refractivity contribution in [1.29, 1.82) is 0 Å². The molecule has 0 aliphatic heterocycles. The van der Waals surface area contributed by atoms with Gasteiger partial charge >= 0.3 is 0 Å². The standard InChI is InChI=1S/C14H19BrClN5O/c1-10-12(15)9-20(19-10)6-4-5-17-13(22)14(2,3)21-8-11(16)7-18-21/h7-9H,4-6H2,1-3H3,(H,17,22). The molecule has 0 spiro atoms. The van der Waals surface area contributed by atoms with E-state index in [2.05, 4.69) is 31.4 Å². The second-order valence-electron chi connectivity index (χ2n) is 5.60. The molecule has 1 amide bonds. The van der Waals surface area contributed by atoms with Crippen LogP contribution in [-0.2, 0) is 16.9 Å². The van der Waals surface area contributed by atoms with Crippen LogP contribution < -0.4 is 5.32 Å². The monoisotopic (exact) mass is 387 g/mol. The molecule has 22 heavy (non-hydrogen) atoms. The van der Waals surface area contributed by atoms with Crippen LogP contribution in [0.4, 0.5) is 0 Å². The molecule has 0 aromatic carbocycles. The summed E-state index contributed by atoms with van der Waals surface area (Å²) in [4.78, 5) is 12.3. The van der Waals surface area contributed by atoms with Crippen LogP contribution in [0.3, 0.4) is 0 Å². The fourth-order valence-corrected chi connectivity index (χ4v) is 2.43. The lowest BCUT2D eigenvalue weighted by Gasteiger charge is -2.24. The molecule has 0 bridgehead atoms. The quantitative estimate of drug-likeness (QED) is 0.774. The molecule has 2 aromatic heterocycles. The summed E-state index contributed by atoms with van der Waals surface area (Å²) in [6, 6.07) is 0. The summed E-state index contributed by atoms with van der Waals surface area (Å²) in [6.07, 6.45) is 5.90. The molecule has 0 fully saturated rings. The highest BCUT2D eigenvalue weighted by Crippen LogP contribution is 2.17. The van der Waals surface area contributed by atoms with Crippen molar-refractivity contribution in [2.24, 2.45) is 0 Å². The third-order valence-corrected chi connectivity index (χ3v) is 4.39. The fraction of sp³-hybridized carbons (Fsp3) is 0.500. The SMILES string of the molecule is Cc1nn(CCCNC(=O)C(C)(C)n2cc(Cl)cn2)cc1Br. The van der Waals surface area contributed by atoms with E-state index in [1.165, 1.54) is 6.20 Å². The number of amides is 1. The van der Waals surface area contributed by atoms with Gasteiger partial charge in [0.1, 0.15) is 5.54 Å². The van der Waals surface area contributed by atoms with Gasteiger partial charge < -0.3 is 5.32 Å². The Balaban J connectivity index is 1.82. The van der Waals surface area contributed by atoms with Gasteiger partial charge in [0.25, 0.3) is 0 Å². The largest absolute Gasteiger partial charge is 0.354 e. The van der Waals surface area contributed by atoms with Gasteiger partial charge in [0.15, 0.2) is 0 Å². The Hall–Kier alpha value is -1.34. The van der Waals surface area contributed by atoms with E-state index in [1.807, 2.05) is 17.8 Å². The first-order valence-electron chi connectivity index (χ1n) is 6.99. The van der Waals surface area contributed by atoms with Gasteiger partial charge in [0.05, 0.1) is 21.4 Å². The fourth-order valence-electron chi connectivity index (χ4n) is 1.98. The molecular weight excluding hydrogens is 370 g/mol. The zero-order chi connectivity index (χ0) is 16.3. The van der Waals surface area contributed by atoms with Gasteiger partial charge in [0.2, 0.25) is 5.91 Å². The Morgan fingerprint density at radius 2 is 2.18 bits per heavy atom. The predicted molar refractivity (Wildman–Crippen MR) is 88.8 cm³/mol. The van der Waals surface area contributed by atoms with E-state index in [0.717, 1.165) is 23.1 Å². The lowest BCUT2D eigenvalue weighted by atomic mass is 10.1. The van der Waals surface area contributed by atoms with Gasteiger partial charge in [-0.1, -0.05) is 11.6 Å². The molecule has 2 aromatic rings. The minimum Gasteiger partial charge on any atom is -0.354 e. The second kappa shape index (κ2) is 6.83. The molecule has 0 saturated heterocycles. The van der Waals surface area contributed by atoms with Crippen molar-refractivity contribution in [2.45, 2.75) is 39.3 Å². The Morgan fingerprint density at radius 3 is 2.73 bits per heavy atom. The van der Waals surface area contributed by atoms with E-state index < -0.39 is 5.54 Å². The van der Waals surface area contributed by atoms with Crippen molar-refractivity contribution in [3.63, 3.8) is 0 Å². The molecule has 0 unspecified atom stereocenters. The molecule has 2 rings (SSSR count). The van der Waals surface area contributed by atoms with Crippen molar-refractivity contribution in [1.82, 2.24) is 24.9 Å². The van der Waals surface area contributed by atoms with Crippen LogP contribution in [0.2, 0.25) is 5.02 Å². The van der Waals surface area contributed by atoms with E-state index in [0.29, 0.717) is 11.6 Å². The van der Waals surface area contributed by atoms with Crippen LogP contribution in [0.15, 0.2) is 23.1 Å². The average Bonchev–Trinajstić information content (AvgIpc) is 3.02. The van der Waals surface area contributed by atoms with Gasteiger partial charge in [-0.3, -0.25) is 14.2 Å². The Morgan fingerprint density at radius 1 is 1.45 bits per heavy atom. The van der Waals surface area contributed by atoms with Gasteiger partial charge in [-0.25, -0.2) is 0 Å². The Kier molecular flexibility index (Phi) is 5.28. The average molecular weight is 389 g/mol. The zero-order valence-electron chi connectivity index (χ0n) is 12.8. The first-order chi connectivity index (χ1) is 10.3. The van der Waals surface area contributed by atoms with Crippen LogP contribution in [0.5, 0.6) is 0 Å². The zero-order valence-corrected chi connectivity index (χ0v) is 15.1.